The van der Waals surface area contributed by atoms with Crippen LogP contribution < -0.4 is 20.4 Å². The Kier molecular flexibility index (Phi) is 6.77. The topological polar surface area (TPSA) is 73.4 Å². The summed E-state index contributed by atoms with van der Waals surface area (Å²) >= 11 is 20.6. The van der Waals surface area contributed by atoms with Gasteiger partial charge in [-0.05, 0) is 37.3 Å². The number of piperazine rings is 1. The molecule has 2 N–H and O–H groups in total. The van der Waals surface area contributed by atoms with E-state index in [4.69, 9.17) is 34.8 Å². The molecule has 1 atom stereocenters. The third kappa shape index (κ3) is 4.53. The molecule has 0 unspecified atom stereocenters. The van der Waals surface area contributed by atoms with Gasteiger partial charge in [0.15, 0.2) is 0 Å². The monoisotopic (exact) mass is 534 g/mol. The summed E-state index contributed by atoms with van der Waals surface area (Å²) in [6.07, 6.45) is 1.52. The largest absolute Gasteiger partial charge is 0.365 e. The van der Waals surface area contributed by atoms with Crippen molar-refractivity contribution >= 4 is 75.5 Å². The number of rotatable bonds is 4. The molecular formula is C23H21Cl3N6OS. The molecule has 1 saturated heterocycles. The lowest BCUT2D eigenvalue weighted by Crippen LogP contribution is -2.50. The van der Waals surface area contributed by atoms with E-state index in [1.165, 1.54) is 18.0 Å². The minimum Gasteiger partial charge on any atom is -0.365 e. The van der Waals surface area contributed by atoms with Crippen LogP contribution in [0.1, 0.15) is 17.3 Å². The predicted molar refractivity (Wildman–Crippen MR) is 140 cm³/mol. The zero-order valence-corrected chi connectivity index (χ0v) is 21.3. The number of benzene rings is 2. The normalized spacial score (nSPS) is 18.1. The summed E-state index contributed by atoms with van der Waals surface area (Å²) < 4.78 is 0. The summed E-state index contributed by atoms with van der Waals surface area (Å²) in [5.74, 6) is 0.491. The van der Waals surface area contributed by atoms with Crippen molar-refractivity contribution in [3.05, 3.63) is 63.2 Å². The Labute approximate surface area is 216 Å². The first-order valence-corrected chi connectivity index (χ1v) is 12.8. The number of carbonyl (C=O) groups is 1. The fraction of sp³-hybridized carbons (Fsp3) is 0.261. The van der Waals surface area contributed by atoms with E-state index in [2.05, 4.69) is 32.4 Å². The molecule has 0 radical (unpaired) electrons. The number of thioether (sulfide) groups is 1. The van der Waals surface area contributed by atoms with E-state index in [0.29, 0.717) is 49.2 Å². The van der Waals surface area contributed by atoms with Gasteiger partial charge in [0.1, 0.15) is 5.03 Å². The van der Waals surface area contributed by atoms with E-state index in [1.54, 1.807) is 23.1 Å². The third-order valence-corrected chi connectivity index (χ3v) is 7.67. The average molecular weight is 536 g/mol. The Balaban J connectivity index is 1.35. The van der Waals surface area contributed by atoms with E-state index >= 15 is 0 Å². The molecule has 3 heterocycles. The van der Waals surface area contributed by atoms with Crippen LogP contribution in [-0.2, 0) is 0 Å². The second kappa shape index (κ2) is 9.79. The van der Waals surface area contributed by atoms with E-state index in [9.17, 15) is 4.79 Å². The van der Waals surface area contributed by atoms with Crippen LogP contribution in [0.2, 0.25) is 15.1 Å². The Morgan fingerprint density at radius 1 is 1.15 bits per heavy atom. The van der Waals surface area contributed by atoms with Crippen molar-refractivity contribution in [1.82, 2.24) is 15.3 Å². The Morgan fingerprint density at radius 3 is 2.68 bits per heavy atom. The predicted octanol–water partition coefficient (Wildman–Crippen LogP) is 5.69. The molecule has 2 aromatic carbocycles. The van der Waals surface area contributed by atoms with Crippen LogP contribution in [-0.4, -0.2) is 47.4 Å². The number of hydrogen-bond acceptors (Lipinski definition) is 7. The van der Waals surface area contributed by atoms with Gasteiger partial charge in [0.2, 0.25) is 5.95 Å². The van der Waals surface area contributed by atoms with Crippen LogP contribution in [0.5, 0.6) is 0 Å². The van der Waals surface area contributed by atoms with Gasteiger partial charge in [-0.3, -0.25) is 9.69 Å². The summed E-state index contributed by atoms with van der Waals surface area (Å²) in [4.78, 5) is 25.9. The van der Waals surface area contributed by atoms with Crippen molar-refractivity contribution in [3.8, 4) is 0 Å². The van der Waals surface area contributed by atoms with Gasteiger partial charge < -0.3 is 15.5 Å². The van der Waals surface area contributed by atoms with Gasteiger partial charge in [0.05, 0.1) is 37.9 Å². The quantitative estimate of drug-likeness (QED) is 0.416. The van der Waals surface area contributed by atoms with Crippen molar-refractivity contribution in [1.29, 1.82) is 0 Å². The van der Waals surface area contributed by atoms with Gasteiger partial charge in [0, 0.05) is 37.6 Å². The van der Waals surface area contributed by atoms with Gasteiger partial charge in [-0.15, -0.1) is 0 Å². The number of hydrogen-bond donors (Lipinski definition) is 2. The smallest absolute Gasteiger partial charge is 0.263 e. The zero-order valence-electron chi connectivity index (χ0n) is 18.2. The Morgan fingerprint density at radius 2 is 1.94 bits per heavy atom. The van der Waals surface area contributed by atoms with Crippen LogP contribution in [0.4, 0.5) is 23.0 Å². The minimum absolute atomic E-state index is 0.243. The molecule has 0 bridgehead atoms. The maximum Gasteiger partial charge on any atom is 0.263 e. The van der Waals surface area contributed by atoms with Gasteiger partial charge in [-0.25, -0.2) is 9.97 Å². The molecule has 0 saturated carbocycles. The van der Waals surface area contributed by atoms with Crippen LogP contribution in [0.3, 0.4) is 0 Å². The van der Waals surface area contributed by atoms with Gasteiger partial charge in [0.25, 0.3) is 5.91 Å². The second-order valence-corrected chi connectivity index (χ2v) is 10.2. The lowest BCUT2D eigenvalue weighted by atomic mass is 10.1. The molecular weight excluding hydrogens is 515 g/mol. The first kappa shape index (κ1) is 23.5. The molecule has 7 nitrogen and oxygen atoms in total. The maximum atomic E-state index is 13.1. The summed E-state index contributed by atoms with van der Waals surface area (Å²) in [6, 6.07) is 11.4. The molecule has 1 aromatic heterocycles. The molecule has 0 spiro atoms. The van der Waals surface area contributed by atoms with E-state index in [-0.39, 0.29) is 5.91 Å². The number of amides is 1. The highest BCUT2D eigenvalue weighted by molar-refractivity contribution is 7.99. The van der Waals surface area contributed by atoms with Crippen molar-refractivity contribution in [2.75, 3.05) is 40.6 Å². The molecule has 176 valence electrons. The number of carbonyl (C=O) groups excluding carboxylic acids is 1. The first-order chi connectivity index (χ1) is 16.4. The Hall–Kier alpha value is -2.23. The maximum absolute atomic E-state index is 13.1. The number of aromatic nitrogens is 2. The number of nitrogens with one attached hydrogen (secondary N) is 2. The SMILES string of the molecule is C[C@H]1CNCCN1c1ccc(Nc2ncc3c(n2)SCN(c2c(Cl)cccc2Cl)C3=O)cc1Cl. The summed E-state index contributed by atoms with van der Waals surface area (Å²) in [5.41, 5.74) is 2.67. The van der Waals surface area contributed by atoms with Crippen LogP contribution in [0, 0.1) is 0 Å². The third-order valence-electron chi connectivity index (χ3n) is 5.78. The van der Waals surface area contributed by atoms with Crippen molar-refractivity contribution in [2.24, 2.45) is 0 Å². The molecule has 2 aliphatic heterocycles. The standard InChI is InChI=1S/C23H21Cl3N6OS/c1-13-10-27-7-8-31(13)19-6-5-14(9-18(19)26)29-23-28-11-15-21(30-23)34-12-32(22(15)33)20-16(24)3-2-4-17(20)25/h2-6,9,11,13,27H,7-8,10,12H2,1H3,(H,28,29,30)/t13-/m0/s1. The highest BCUT2D eigenvalue weighted by atomic mass is 35.5. The number of anilines is 4. The van der Waals surface area contributed by atoms with Gasteiger partial charge in [-0.2, -0.15) is 0 Å². The van der Waals surface area contributed by atoms with Crippen molar-refractivity contribution in [2.45, 2.75) is 18.0 Å². The molecule has 1 amide bonds. The van der Waals surface area contributed by atoms with E-state index in [0.717, 1.165) is 31.0 Å². The van der Waals surface area contributed by atoms with Crippen molar-refractivity contribution < 1.29 is 4.79 Å². The molecule has 0 aliphatic carbocycles. The highest BCUT2D eigenvalue weighted by Gasteiger charge is 2.30. The molecule has 11 heteroatoms. The lowest BCUT2D eigenvalue weighted by Gasteiger charge is -2.36. The number of fused-ring (bicyclic) bond motifs is 1. The number of para-hydroxylation sites is 1. The molecule has 5 rings (SSSR count). The van der Waals surface area contributed by atoms with Crippen LogP contribution in [0.15, 0.2) is 47.6 Å². The molecule has 1 fully saturated rings. The second-order valence-electron chi connectivity index (χ2n) is 8.03. The summed E-state index contributed by atoms with van der Waals surface area (Å²) in [6.45, 7) is 4.94. The van der Waals surface area contributed by atoms with E-state index in [1.807, 2.05) is 18.2 Å². The van der Waals surface area contributed by atoms with Crippen molar-refractivity contribution in [3.63, 3.8) is 0 Å². The van der Waals surface area contributed by atoms with Crippen LogP contribution >= 0.6 is 46.6 Å². The molecule has 3 aromatic rings. The number of halogens is 3. The number of nitrogens with zero attached hydrogens (tertiary/aromatic N) is 4. The zero-order chi connectivity index (χ0) is 23.8. The fourth-order valence-electron chi connectivity index (χ4n) is 4.07. The molecule has 34 heavy (non-hydrogen) atoms. The average Bonchev–Trinajstić information content (AvgIpc) is 2.81. The lowest BCUT2D eigenvalue weighted by molar-refractivity contribution is 0.0985. The Bertz CT molecular complexity index is 1240. The summed E-state index contributed by atoms with van der Waals surface area (Å²) in [5, 5.41) is 8.67. The highest BCUT2D eigenvalue weighted by Crippen LogP contribution is 2.39. The minimum atomic E-state index is -0.243. The van der Waals surface area contributed by atoms with Crippen LogP contribution in [0.25, 0.3) is 0 Å². The summed E-state index contributed by atoms with van der Waals surface area (Å²) in [7, 11) is 0. The molecule has 2 aliphatic rings. The van der Waals surface area contributed by atoms with E-state index < -0.39 is 0 Å². The van der Waals surface area contributed by atoms with Gasteiger partial charge in [-0.1, -0.05) is 52.6 Å². The van der Waals surface area contributed by atoms with Gasteiger partial charge >= 0.3 is 0 Å². The fourth-order valence-corrected chi connectivity index (χ4v) is 5.91. The first-order valence-electron chi connectivity index (χ1n) is 10.7.